The summed E-state index contributed by atoms with van der Waals surface area (Å²) < 4.78 is 0. The molecule has 18 heavy (non-hydrogen) atoms. The van der Waals surface area contributed by atoms with Crippen molar-refractivity contribution < 1.29 is 4.79 Å². The molecule has 0 saturated heterocycles. The molecule has 0 aliphatic heterocycles. The molecule has 1 aromatic rings. The fraction of sp³-hybridized carbons (Fsp3) is 0.538. The van der Waals surface area contributed by atoms with Crippen LogP contribution >= 0.6 is 11.6 Å². The molecule has 0 bridgehead atoms. The molecule has 2 N–H and O–H groups in total. The molecule has 98 valence electrons. The second-order valence-electron chi connectivity index (χ2n) is 4.65. The molecule has 0 atom stereocenters. The van der Waals surface area contributed by atoms with Crippen molar-refractivity contribution in [2.75, 3.05) is 12.3 Å². The van der Waals surface area contributed by atoms with Gasteiger partial charge in [0, 0.05) is 12.6 Å². The van der Waals surface area contributed by atoms with Gasteiger partial charge in [0.15, 0.2) is 0 Å². The number of amides is 1. The predicted octanol–water partition coefficient (Wildman–Crippen LogP) is 2.72. The number of unbranched alkanes of at least 4 members (excludes halogenated alkanes) is 1. The molecule has 1 aromatic heterocycles. The maximum absolute atomic E-state index is 12.4. The van der Waals surface area contributed by atoms with E-state index in [0.717, 1.165) is 32.2 Å². The van der Waals surface area contributed by atoms with Crippen LogP contribution in [0, 0.1) is 0 Å². The van der Waals surface area contributed by atoms with Gasteiger partial charge in [-0.05, 0) is 31.4 Å². The third-order valence-corrected chi connectivity index (χ3v) is 3.38. The Labute approximate surface area is 112 Å². The van der Waals surface area contributed by atoms with Gasteiger partial charge in [0.25, 0.3) is 5.91 Å². The zero-order valence-corrected chi connectivity index (χ0v) is 11.3. The number of nitrogen functional groups attached to an aromatic ring is 1. The van der Waals surface area contributed by atoms with Gasteiger partial charge in [0.05, 0.1) is 5.02 Å². The van der Waals surface area contributed by atoms with Gasteiger partial charge in [0.1, 0.15) is 11.5 Å². The standard InChI is InChI=1S/C13H18ClN3O/c1-2-3-8-17(9-4-5-9)13(18)12-10(14)6-7-11(15)16-12/h6-7,9H,2-5,8H2,1H3,(H2,15,16). The number of halogens is 1. The van der Waals surface area contributed by atoms with Crippen LogP contribution in [0.15, 0.2) is 12.1 Å². The highest BCUT2D eigenvalue weighted by Crippen LogP contribution is 2.29. The van der Waals surface area contributed by atoms with Crippen molar-refractivity contribution in [1.29, 1.82) is 0 Å². The van der Waals surface area contributed by atoms with Crippen molar-refractivity contribution in [3.05, 3.63) is 22.8 Å². The number of carbonyl (C=O) groups excluding carboxylic acids is 1. The largest absolute Gasteiger partial charge is 0.384 e. The summed E-state index contributed by atoms with van der Waals surface area (Å²) in [5, 5.41) is 0.372. The molecule has 0 radical (unpaired) electrons. The average molecular weight is 268 g/mol. The van der Waals surface area contributed by atoms with Crippen molar-refractivity contribution in [3.63, 3.8) is 0 Å². The zero-order chi connectivity index (χ0) is 13.1. The van der Waals surface area contributed by atoms with Crippen molar-refractivity contribution >= 4 is 23.3 Å². The fourth-order valence-corrected chi connectivity index (χ4v) is 2.09. The highest BCUT2D eigenvalue weighted by Gasteiger charge is 2.33. The molecule has 1 aliphatic rings. The maximum atomic E-state index is 12.4. The van der Waals surface area contributed by atoms with Crippen LogP contribution in [0.3, 0.4) is 0 Å². The van der Waals surface area contributed by atoms with E-state index in [1.807, 2.05) is 4.90 Å². The Morgan fingerprint density at radius 1 is 1.56 bits per heavy atom. The van der Waals surface area contributed by atoms with Crippen LogP contribution in [-0.4, -0.2) is 28.4 Å². The lowest BCUT2D eigenvalue weighted by Gasteiger charge is -2.22. The Bertz CT molecular complexity index is 446. The van der Waals surface area contributed by atoms with Crippen molar-refractivity contribution in [1.82, 2.24) is 9.88 Å². The zero-order valence-electron chi connectivity index (χ0n) is 10.5. The number of carbonyl (C=O) groups is 1. The fourth-order valence-electron chi connectivity index (χ4n) is 1.91. The highest BCUT2D eigenvalue weighted by atomic mass is 35.5. The quantitative estimate of drug-likeness (QED) is 0.892. The van der Waals surface area contributed by atoms with Crippen molar-refractivity contribution in [3.8, 4) is 0 Å². The minimum Gasteiger partial charge on any atom is -0.384 e. The van der Waals surface area contributed by atoms with Crippen LogP contribution in [0.5, 0.6) is 0 Å². The molecule has 1 amide bonds. The van der Waals surface area contributed by atoms with E-state index < -0.39 is 0 Å². The Morgan fingerprint density at radius 2 is 2.28 bits per heavy atom. The molecule has 1 saturated carbocycles. The summed E-state index contributed by atoms with van der Waals surface area (Å²) in [4.78, 5) is 18.4. The van der Waals surface area contributed by atoms with Gasteiger partial charge in [0.2, 0.25) is 0 Å². The summed E-state index contributed by atoms with van der Waals surface area (Å²) in [6.45, 7) is 2.88. The molecule has 0 spiro atoms. The first kappa shape index (κ1) is 13.1. The van der Waals surface area contributed by atoms with Crippen molar-refractivity contribution in [2.45, 2.75) is 38.6 Å². The first-order valence-electron chi connectivity index (χ1n) is 6.36. The van der Waals surface area contributed by atoms with E-state index in [2.05, 4.69) is 11.9 Å². The Balaban J connectivity index is 2.19. The van der Waals surface area contributed by atoms with Crippen LogP contribution < -0.4 is 5.73 Å². The van der Waals surface area contributed by atoms with Gasteiger partial charge in [-0.15, -0.1) is 0 Å². The summed E-state index contributed by atoms with van der Waals surface area (Å²) in [5.41, 5.74) is 5.89. The van der Waals surface area contributed by atoms with Gasteiger partial charge in [-0.1, -0.05) is 24.9 Å². The van der Waals surface area contributed by atoms with E-state index in [9.17, 15) is 4.79 Å². The minimum absolute atomic E-state index is 0.0942. The molecular weight excluding hydrogens is 250 g/mol. The van der Waals surface area contributed by atoms with Gasteiger partial charge < -0.3 is 10.6 Å². The lowest BCUT2D eigenvalue weighted by atomic mass is 10.2. The topological polar surface area (TPSA) is 59.2 Å². The molecule has 1 heterocycles. The Kier molecular flexibility index (Phi) is 4.07. The van der Waals surface area contributed by atoms with E-state index in [4.69, 9.17) is 17.3 Å². The molecular formula is C13H18ClN3O. The maximum Gasteiger partial charge on any atom is 0.274 e. The SMILES string of the molecule is CCCCN(C(=O)c1nc(N)ccc1Cl)C1CC1. The smallest absolute Gasteiger partial charge is 0.274 e. The monoisotopic (exact) mass is 267 g/mol. The number of pyridine rings is 1. The molecule has 5 heteroatoms. The number of aromatic nitrogens is 1. The summed E-state index contributed by atoms with van der Waals surface area (Å²) in [6, 6.07) is 3.60. The highest BCUT2D eigenvalue weighted by molar-refractivity contribution is 6.33. The Morgan fingerprint density at radius 3 is 2.89 bits per heavy atom. The lowest BCUT2D eigenvalue weighted by Crippen LogP contribution is -2.34. The van der Waals surface area contributed by atoms with Gasteiger partial charge >= 0.3 is 0 Å². The number of hydrogen-bond acceptors (Lipinski definition) is 3. The van der Waals surface area contributed by atoms with Crippen LogP contribution in [0.25, 0.3) is 0 Å². The van der Waals surface area contributed by atoms with Gasteiger partial charge in [-0.25, -0.2) is 4.98 Å². The van der Waals surface area contributed by atoms with Crippen molar-refractivity contribution in [2.24, 2.45) is 0 Å². The van der Waals surface area contributed by atoms with Crippen LogP contribution in [0.2, 0.25) is 5.02 Å². The molecule has 1 fully saturated rings. The summed E-state index contributed by atoms with van der Waals surface area (Å²) in [7, 11) is 0. The lowest BCUT2D eigenvalue weighted by molar-refractivity contribution is 0.0735. The average Bonchev–Trinajstić information content (AvgIpc) is 3.17. The number of anilines is 1. The number of nitrogens with two attached hydrogens (primary N) is 1. The van der Waals surface area contributed by atoms with E-state index in [1.54, 1.807) is 12.1 Å². The molecule has 0 aromatic carbocycles. The van der Waals surface area contributed by atoms with Crippen LogP contribution in [0.4, 0.5) is 5.82 Å². The summed E-state index contributed by atoms with van der Waals surface area (Å²) in [6.07, 6.45) is 4.22. The van der Waals surface area contributed by atoms with Crippen LogP contribution in [0.1, 0.15) is 43.1 Å². The molecule has 4 nitrogen and oxygen atoms in total. The van der Waals surface area contributed by atoms with E-state index in [-0.39, 0.29) is 11.6 Å². The minimum atomic E-state index is -0.0942. The second-order valence-corrected chi connectivity index (χ2v) is 5.06. The van der Waals surface area contributed by atoms with E-state index in [0.29, 0.717) is 16.9 Å². The van der Waals surface area contributed by atoms with Crippen LogP contribution in [-0.2, 0) is 0 Å². The third-order valence-electron chi connectivity index (χ3n) is 3.07. The van der Waals surface area contributed by atoms with E-state index >= 15 is 0 Å². The molecule has 2 rings (SSSR count). The number of rotatable bonds is 5. The molecule has 1 aliphatic carbocycles. The Hall–Kier alpha value is -1.29. The number of nitrogens with zero attached hydrogens (tertiary/aromatic N) is 2. The second kappa shape index (κ2) is 5.57. The van der Waals surface area contributed by atoms with E-state index in [1.165, 1.54) is 0 Å². The summed E-state index contributed by atoms with van der Waals surface area (Å²) in [5.74, 6) is 0.234. The number of hydrogen-bond donors (Lipinski definition) is 1. The predicted molar refractivity (Wildman–Crippen MR) is 72.6 cm³/mol. The first-order valence-corrected chi connectivity index (χ1v) is 6.74. The van der Waals surface area contributed by atoms with Gasteiger partial charge in [-0.2, -0.15) is 0 Å². The normalized spacial score (nSPS) is 14.6. The first-order chi connectivity index (χ1) is 8.63. The van der Waals surface area contributed by atoms with Gasteiger partial charge in [-0.3, -0.25) is 4.79 Å². The third kappa shape index (κ3) is 2.93. The molecule has 0 unspecified atom stereocenters. The summed E-state index contributed by atoms with van der Waals surface area (Å²) >= 11 is 6.03.